The van der Waals surface area contributed by atoms with Gasteiger partial charge in [0.05, 0.1) is 21.3 Å². The summed E-state index contributed by atoms with van der Waals surface area (Å²) < 4.78 is 69.3. The third-order valence-electron chi connectivity index (χ3n) is 4.22. The topological polar surface area (TPSA) is 92.3 Å². The van der Waals surface area contributed by atoms with E-state index in [4.69, 9.17) is 11.6 Å². The fraction of sp³-hybridized carbons (Fsp3) is 0.100. The maximum Gasteiger partial charge on any atom is 0.263 e. The predicted molar refractivity (Wildman–Crippen MR) is 115 cm³/mol. The first-order valence-electron chi connectivity index (χ1n) is 8.66. The molecule has 0 aliphatic rings. The molecule has 0 aliphatic carbocycles. The van der Waals surface area contributed by atoms with Crippen molar-refractivity contribution in [3.05, 3.63) is 82.6 Å². The van der Waals surface area contributed by atoms with Crippen LogP contribution < -0.4 is 9.44 Å². The number of para-hydroxylation sites is 1. The standard InChI is InChI=1S/C20H18ClFN2O4S2/c1-13-7-10-19(16(21)11-13)29(25,26)23-15-9-8-14(2)20(12-15)30(27,28)24-18-6-4-3-5-17(18)22/h3-12,23-24H,1-2H3. The summed E-state index contributed by atoms with van der Waals surface area (Å²) in [6.07, 6.45) is 0. The zero-order valence-electron chi connectivity index (χ0n) is 16.0. The molecular weight excluding hydrogens is 451 g/mol. The average Bonchev–Trinajstić information content (AvgIpc) is 2.64. The lowest BCUT2D eigenvalue weighted by atomic mass is 10.2. The van der Waals surface area contributed by atoms with Crippen molar-refractivity contribution in [3.8, 4) is 0 Å². The zero-order chi connectivity index (χ0) is 22.1. The van der Waals surface area contributed by atoms with Gasteiger partial charge in [-0.25, -0.2) is 21.2 Å². The number of anilines is 2. The number of benzene rings is 3. The lowest BCUT2D eigenvalue weighted by Crippen LogP contribution is -2.17. The third-order valence-corrected chi connectivity index (χ3v) is 7.60. The van der Waals surface area contributed by atoms with Gasteiger partial charge in [0, 0.05) is 0 Å². The molecule has 0 aliphatic heterocycles. The molecule has 158 valence electrons. The van der Waals surface area contributed by atoms with Gasteiger partial charge in [0.25, 0.3) is 20.0 Å². The highest BCUT2D eigenvalue weighted by Crippen LogP contribution is 2.28. The minimum Gasteiger partial charge on any atom is -0.280 e. The van der Waals surface area contributed by atoms with Crippen LogP contribution in [0.1, 0.15) is 11.1 Å². The van der Waals surface area contributed by atoms with Crippen molar-refractivity contribution in [3.63, 3.8) is 0 Å². The molecule has 0 heterocycles. The molecule has 0 amide bonds. The maximum absolute atomic E-state index is 13.9. The Hall–Kier alpha value is -2.62. The molecule has 0 atom stereocenters. The molecule has 6 nitrogen and oxygen atoms in total. The van der Waals surface area contributed by atoms with Gasteiger partial charge in [-0.15, -0.1) is 0 Å². The average molecular weight is 469 g/mol. The van der Waals surface area contributed by atoms with Gasteiger partial charge in [0.1, 0.15) is 10.7 Å². The minimum atomic E-state index is -4.17. The Kier molecular flexibility index (Phi) is 6.07. The second-order valence-electron chi connectivity index (χ2n) is 6.60. The number of aryl methyl sites for hydroxylation is 2. The Labute approximate surface area is 179 Å². The van der Waals surface area contributed by atoms with Crippen LogP contribution in [-0.2, 0) is 20.0 Å². The quantitative estimate of drug-likeness (QED) is 0.548. The second kappa shape index (κ2) is 8.25. The van der Waals surface area contributed by atoms with Crippen LogP contribution in [0.25, 0.3) is 0 Å². The molecule has 0 unspecified atom stereocenters. The molecule has 3 aromatic rings. The van der Waals surface area contributed by atoms with Crippen molar-refractivity contribution in [2.75, 3.05) is 9.44 Å². The van der Waals surface area contributed by atoms with E-state index in [1.54, 1.807) is 19.9 Å². The molecule has 10 heteroatoms. The first kappa shape index (κ1) is 22.1. The van der Waals surface area contributed by atoms with Gasteiger partial charge >= 0.3 is 0 Å². The first-order valence-corrected chi connectivity index (χ1v) is 12.0. The van der Waals surface area contributed by atoms with Crippen molar-refractivity contribution in [2.24, 2.45) is 0 Å². The first-order chi connectivity index (χ1) is 14.0. The van der Waals surface area contributed by atoms with Crippen LogP contribution in [0.2, 0.25) is 5.02 Å². The van der Waals surface area contributed by atoms with Gasteiger partial charge < -0.3 is 0 Å². The van der Waals surface area contributed by atoms with Gasteiger partial charge in [-0.2, -0.15) is 0 Å². The van der Waals surface area contributed by atoms with Crippen LogP contribution >= 0.6 is 11.6 Å². The Bertz CT molecular complexity index is 1330. The molecule has 0 saturated carbocycles. The normalized spacial score (nSPS) is 11.9. The van der Waals surface area contributed by atoms with Crippen LogP contribution in [0.3, 0.4) is 0 Å². The van der Waals surface area contributed by atoms with Crippen LogP contribution in [0.4, 0.5) is 15.8 Å². The van der Waals surface area contributed by atoms with E-state index >= 15 is 0 Å². The van der Waals surface area contributed by atoms with Crippen LogP contribution in [0.15, 0.2) is 70.5 Å². The van der Waals surface area contributed by atoms with E-state index in [1.807, 2.05) is 0 Å². The van der Waals surface area contributed by atoms with E-state index in [2.05, 4.69) is 9.44 Å². The Balaban J connectivity index is 1.96. The minimum absolute atomic E-state index is 0.0196. The highest BCUT2D eigenvalue weighted by molar-refractivity contribution is 7.93. The summed E-state index contributed by atoms with van der Waals surface area (Å²) in [4.78, 5) is -0.329. The smallest absolute Gasteiger partial charge is 0.263 e. The van der Waals surface area contributed by atoms with Crippen molar-refractivity contribution in [1.29, 1.82) is 0 Å². The Morgan fingerprint density at radius 1 is 0.800 bits per heavy atom. The Morgan fingerprint density at radius 3 is 2.13 bits per heavy atom. The summed E-state index contributed by atoms with van der Waals surface area (Å²) in [6.45, 7) is 3.32. The SMILES string of the molecule is Cc1ccc(S(=O)(=O)Nc2ccc(C)c(S(=O)(=O)Nc3ccccc3F)c2)c(Cl)c1. The molecule has 3 rings (SSSR count). The van der Waals surface area contributed by atoms with Gasteiger partial charge in [-0.3, -0.25) is 9.44 Å². The number of hydrogen-bond donors (Lipinski definition) is 2. The van der Waals surface area contributed by atoms with Gasteiger partial charge in [-0.1, -0.05) is 35.9 Å². The van der Waals surface area contributed by atoms with E-state index < -0.39 is 25.9 Å². The predicted octanol–water partition coefficient (Wildman–Crippen LogP) is 4.70. The fourth-order valence-electron chi connectivity index (χ4n) is 2.73. The summed E-state index contributed by atoms with van der Waals surface area (Å²) >= 11 is 6.05. The number of hydrogen-bond acceptors (Lipinski definition) is 4. The summed E-state index contributed by atoms with van der Waals surface area (Å²) in [7, 11) is -8.23. The third kappa shape index (κ3) is 4.75. The molecule has 0 radical (unpaired) electrons. The maximum atomic E-state index is 13.9. The summed E-state index contributed by atoms with van der Waals surface area (Å²) in [5.74, 6) is -0.732. The number of halogens is 2. The van der Waals surface area contributed by atoms with E-state index in [0.29, 0.717) is 5.56 Å². The van der Waals surface area contributed by atoms with Crippen molar-refractivity contribution >= 4 is 43.0 Å². The highest BCUT2D eigenvalue weighted by atomic mass is 35.5. The molecule has 0 aromatic heterocycles. The van der Waals surface area contributed by atoms with Crippen molar-refractivity contribution < 1.29 is 21.2 Å². The fourth-order valence-corrected chi connectivity index (χ4v) is 5.72. The molecular formula is C20H18ClFN2O4S2. The summed E-state index contributed by atoms with van der Waals surface area (Å²) in [5.41, 5.74) is 0.956. The van der Waals surface area contributed by atoms with E-state index in [-0.39, 0.29) is 26.2 Å². The van der Waals surface area contributed by atoms with Crippen LogP contribution in [-0.4, -0.2) is 16.8 Å². The molecule has 0 saturated heterocycles. The number of rotatable bonds is 6. The lowest BCUT2D eigenvalue weighted by Gasteiger charge is -2.14. The summed E-state index contributed by atoms with van der Waals surface area (Å²) in [6, 6.07) is 13.9. The second-order valence-corrected chi connectivity index (χ2v) is 10.3. The highest BCUT2D eigenvalue weighted by Gasteiger charge is 2.22. The molecule has 30 heavy (non-hydrogen) atoms. The van der Waals surface area contributed by atoms with Crippen LogP contribution in [0, 0.1) is 19.7 Å². The molecule has 0 spiro atoms. The van der Waals surface area contributed by atoms with Gasteiger partial charge in [0.15, 0.2) is 0 Å². The molecule has 2 N–H and O–H groups in total. The summed E-state index contributed by atoms with van der Waals surface area (Å²) in [5, 5.41) is 0.0451. The number of sulfonamides is 2. The Morgan fingerprint density at radius 2 is 1.47 bits per heavy atom. The van der Waals surface area contributed by atoms with E-state index in [1.165, 1.54) is 42.5 Å². The van der Waals surface area contributed by atoms with E-state index in [0.717, 1.165) is 17.7 Å². The van der Waals surface area contributed by atoms with Crippen molar-refractivity contribution in [1.82, 2.24) is 0 Å². The molecule has 3 aromatic carbocycles. The van der Waals surface area contributed by atoms with E-state index in [9.17, 15) is 21.2 Å². The number of nitrogens with one attached hydrogen (secondary N) is 2. The largest absolute Gasteiger partial charge is 0.280 e. The molecule has 0 bridgehead atoms. The zero-order valence-corrected chi connectivity index (χ0v) is 18.4. The van der Waals surface area contributed by atoms with Crippen molar-refractivity contribution in [2.45, 2.75) is 23.6 Å². The van der Waals surface area contributed by atoms with Gasteiger partial charge in [-0.05, 0) is 61.4 Å². The lowest BCUT2D eigenvalue weighted by molar-refractivity contribution is 0.597. The van der Waals surface area contributed by atoms with Gasteiger partial charge in [0.2, 0.25) is 0 Å². The monoisotopic (exact) mass is 468 g/mol. The van der Waals surface area contributed by atoms with Crippen LogP contribution in [0.5, 0.6) is 0 Å². The molecule has 0 fully saturated rings.